The van der Waals surface area contributed by atoms with Crippen molar-refractivity contribution in [1.82, 2.24) is 0 Å². The standard InChI is InChI=1S/C17H17NO/c1-17(19,12-11-14-5-3-2-4-6-14)16-9-7-15(13-18)8-10-16/h2-10,19H,11-12H2,1H3. The number of hydrogen-bond donors (Lipinski definition) is 1. The van der Waals surface area contributed by atoms with Crippen LogP contribution in [0.4, 0.5) is 0 Å². The smallest absolute Gasteiger partial charge is 0.0991 e. The van der Waals surface area contributed by atoms with Crippen molar-refractivity contribution >= 4 is 0 Å². The molecule has 0 aromatic heterocycles. The van der Waals surface area contributed by atoms with Gasteiger partial charge in [-0.25, -0.2) is 0 Å². The van der Waals surface area contributed by atoms with E-state index in [1.165, 1.54) is 5.56 Å². The molecule has 1 unspecified atom stereocenters. The first-order valence-electron chi connectivity index (χ1n) is 6.39. The van der Waals surface area contributed by atoms with Gasteiger partial charge in [-0.05, 0) is 43.0 Å². The van der Waals surface area contributed by atoms with E-state index < -0.39 is 5.60 Å². The van der Waals surface area contributed by atoms with Gasteiger partial charge in [0.15, 0.2) is 0 Å². The molecule has 0 radical (unpaired) electrons. The van der Waals surface area contributed by atoms with Gasteiger partial charge in [0.1, 0.15) is 0 Å². The normalized spacial score (nSPS) is 13.5. The second-order valence-electron chi connectivity index (χ2n) is 4.95. The Kier molecular flexibility index (Phi) is 3.99. The van der Waals surface area contributed by atoms with E-state index >= 15 is 0 Å². The lowest BCUT2D eigenvalue weighted by Crippen LogP contribution is -2.21. The highest BCUT2D eigenvalue weighted by atomic mass is 16.3. The molecule has 96 valence electrons. The van der Waals surface area contributed by atoms with Crippen molar-refractivity contribution in [3.8, 4) is 6.07 Å². The van der Waals surface area contributed by atoms with Crippen LogP contribution in [0.3, 0.4) is 0 Å². The van der Waals surface area contributed by atoms with Gasteiger partial charge in [-0.15, -0.1) is 0 Å². The van der Waals surface area contributed by atoms with Crippen molar-refractivity contribution in [1.29, 1.82) is 5.26 Å². The summed E-state index contributed by atoms with van der Waals surface area (Å²) in [4.78, 5) is 0. The molecule has 0 saturated heterocycles. The van der Waals surface area contributed by atoms with E-state index in [4.69, 9.17) is 5.26 Å². The lowest BCUT2D eigenvalue weighted by Gasteiger charge is -2.24. The molecule has 2 rings (SSSR count). The Bertz CT molecular complexity index is 564. The highest BCUT2D eigenvalue weighted by molar-refractivity contribution is 5.34. The molecule has 2 heteroatoms. The average molecular weight is 251 g/mol. The molecule has 0 aliphatic rings. The molecule has 0 heterocycles. The first-order valence-corrected chi connectivity index (χ1v) is 6.39. The fourth-order valence-corrected chi connectivity index (χ4v) is 2.08. The lowest BCUT2D eigenvalue weighted by molar-refractivity contribution is 0.0480. The molecule has 2 aromatic carbocycles. The van der Waals surface area contributed by atoms with E-state index in [9.17, 15) is 5.11 Å². The van der Waals surface area contributed by atoms with Gasteiger partial charge in [0, 0.05) is 0 Å². The van der Waals surface area contributed by atoms with Gasteiger partial charge in [0.2, 0.25) is 0 Å². The minimum Gasteiger partial charge on any atom is -0.385 e. The second kappa shape index (κ2) is 5.69. The van der Waals surface area contributed by atoms with Crippen molar-refractivity contribution in [3.63, 3.8) is 0 Å². The fourth-order valence-electron chi connectivity index (χ4n) is 2.08. The first-order chi connectivity index (χ1) is 9.12. The van der Waals surface area contributed by atoms with Crippen LogP contribution in [0.2, 0.25) is 0 Å². The maximum atomic E-state index is 10.5. The predicted octanol–water partition coefficient (Wildman–Crippen LogP) is 3.40. The monoisotopic (exact) mass is 251 g/mol. The number of rotatable bonds is 4. The van der Waals surface area contributed by atoms with Crippen LogP contribution in [0.15, 0.2) is 54.6 Å². The minimum absolute atomic E-state index is 0.614. The Hall–Kier alpha value is -2.11. The third-order valence-electron chi connectivity index (χ3n) is 3.38. The van der Waals surface area contributed by atoms with Crippen molar-refractivity contribution in [2.24, 2.45) is 0 Å². The van der Waals surface area contributed by atoms with E-state index in [0.29, 0.717) is 12.0 Å². The van der Waals surface area contributed by atoms with Crippen LogP contribution in [-0.4, -0.2) is 5.11 Å². The molecule has 2 nitrogen and oxygen atoms in total. The summed E-state index contributed by atoms with van der Waals surface area (Å²) in [5.74, 6) is 0. The van der Waals surface area contributed by atoms with Gasteiger partial charge in [0.25, 0.3) is 0 Å². The lowest BCUT2D eigenvalue weighted by atomic mass is 9.89. The van der Waals surface area contributed by atoms with Crippen molar-refractivity contribution in [2.45, 2.75) is 25.4 Å². The number of benzene rings is 2. The molecule has 0 amide bonds. The fraction of sp³-hybridized carbons (Fsp3) is 0.235. The van der Waals surface area contributed by atoms with Crippen molar-refractivity contribution in [3.05, 3.63) is 71.3 Å². The summed E-state index contributed by atoms with van der Waals surface area (Å²) in [7, 11) is 0. The Morgan fingerprint density at radius 1 is 1.05 bits per heavy atom. The highest BCUT2D eigenvalue weighted by Gasteiger charge is 2.22. The van der Waals surface area contributed by atoms with E-state index in [0.717, 1.165) is 12.0 Å². The Labute approximate surface area is 114 Å². The summed E-state index contributed by atoms with van der Waals surface area (Å²) in [6.07, 6.45) is 1.48. The quantitative estimate of drug-likeness (QED) is 0.905. The summed E-state index contributed by atoms with van der Waals surface area (Å²) in [5, 5.41) is 19.3. The molecule has 0 aliphatic heterocycles. The number of aliphatic hydroxyl groups is 1. The summed E-state index contributed by atoms with van der Waals surface area (Å²) >= 11 is 0. The number of hydrogen-bond acceptors (Lipinski definition) is 2. The largest absolute Gasteiger partial charge is 0.385 e. The average Bonchev–Trinajstić information content (AvgIpc) is 2.46. The van der Waals surface area contributed by atoms with Crippen LogP contribution >= 0.6 is 0 Å². The third-order valence-corrected chi connectivity index (χ3v) is 3.38. The van der Waals surface area contributed by atoms with E-state index in [2.05, 4.69) is 18.2 Å². The molecule has 1 N–H and O–H groups in total. The molecule has 1 atom stereocenters. The molecular formula is C17H17NO. The van der Waals surface area contributed by atoms with Crippen LogP contribution in [0, 0.1) is 11.3 Å². The van der Waals surface area contributed by atoms with Gasteiger partial charge in [-0.2, -0.15) is 5.26 Å². The van der Waals surface area contributed by atoms with Gasteiger partial charge in [-0.3, -0.25) is 0 Å². The Morgan fingerprint density at radius 2 is 1.68 bits per heavy atom. The van der Waals surface area contributed by atoms with Crippen LogP contribution in [-0.2, 0) is 12.0 Å². The zero-order valence-corrected chi connectivity index (χ0v) is 11.0. The highest BCUT2D eigenvalue weighted by Crippen LogP contribution is 2.26. The summed E-state index contributed by atoms with van der Waals surface area (Å²) < 4.78 is 0. The number of nitriles is 1. The second-order valence-corrected chi connectivity index (χ2v) is 4.95. The molecule has 0 spiro atoms. The van der Waals surface area contributed by atoms with E-state index in [-0.39, 0.29) is 0 Å². The molecule has 19 heavy (non-hydrogen) atoms. The van der Waals surface area contributed by atoms with Gasteiger partial charge in [-0.1, -0.05) is 42.5 Å². The number of aryl methyl sites for hydroxylation is 1. The third kappa shape index (κ3) is 3.43. The van der Waals surface area contributed by atoms with E-state index in [1.807, 2.05) is 37.3 Å². The van der Waals surface area contributed by atoms with Crippen molar-refractivity contribution in [2.75, 3.05) is 0 Å². The maximum absolute atomic E-state index is 10.5. The molecule has 0 saturated carbocycles. The summed E-state index contributed by atoms with van der Waals surface area (Å²) in [5.41, 5.74) is 1.81. The zero-order chi connectivity index (χ0) is 13.7. The van der Waals surface area contributed by atoms with Crippen LogP contribution in [0.25, 0.3) is 0 Å². The summed E-state index contributed by atoms with van der Waals surface area (Å²) in [6, 6.07) is 19.3. The number of nitrogens with zero attached hydrogens (tertiary/aromatic N) is 1. The molecular weight excluding hydrogens is 234 g/mol. The Balaban J connectivity index is 2.07. The summed E-state index contributed by atoms with van der Waals surface area (Å²) in [6.45, 7) is 1.82. The van der Waals surface area contributed by atoms with Crippen LogP contribution in [0.5, 0.6) is 0 Å². The SMILES string of the molecule is CC(O)(CCc1ccccc1)c1ccc(C#N)cc1. The maximum Gasteiger partial charge on any atom is 0.0991 e. The molecule has 0 aliphatic carbocycles. The molecule has 0 bridgehead atoms. The Morgan fingerprint density at radius 3 is 2.26 bits per heavy atom. The predicted molar refractivity (Wildman–Crippen MR) is 75.5 cm³/mol. The van der Waals surface area contributed by atoms with Gasteiger partial charge >= 0.3 is 0 Å². The first kappa shape index (κ1) is 13.3. The van der Waals surface area contributed by atoms with Crippen LogP contribution in [0.1, 0.15) is 30.0 Å². The molecule has 2 aromatic rings. The van der Waals surface area contributed by atoms with Crippen molar-refractivity contribution < 1.29 is 5.11 Å². The topological polar surface area (TPSA) is 44.0 Å². The van der Waals surface area contributed by atoms with Gasteiger partial charge in [0.05, 0.1) is 17.2 Å². The van der Waals surface area contributed by atoms with Gasteiger partial charge < -0.3 is 5.11 Å². The van der Waals surface area contributed by atoms with Crippen LogP contribution < -0.4 is 0 Å². The molecule has 0 fully saturated rings. The minimum atomic E-state index is -0.871. The zero-order valence-electron chi connectivity index (χ0n) is 11.0. The van der Waals surface area contributed by atoms with E-state index in [1.54, 1.807) is 12.1 Å².